The van der Waals surface area contributed by atoms with Gasteiger partial charge in [0.05, 0.1) is 12.7 Å². The van der Waals surface area contributed by atoms with Gasteiger partial charge in [0.15, 0.2) is 6.61 Å². The van der Waals surface area contributed by atoms with E-state index in [4.69, 9.17) is 13.9 Å². The number of hydrogen-bond donors (Lipinski definition) is 1. The van der Waals surface area contributed by atoms with E-state index in [2.05, 4.69) is 14.9 Å². The van der Waals surface area contributed by atoms with Crippen molar-refractivity contribution >= 4 is 16.0 Å². The summed E-state index contributed by atoms with van der Waals surface area (Å²) in [4.78, 5) is 12.1. The second-order valence-electron chi connectivity index (χ2n) is 5.52. The summed E-state index contributed by atoms with van der Waals surface area (Å²) in [5, 5.41) is 7.74. The maximum atomic E-state index is 12.3. The van der Waals surface area contributed by atoms with Crippen LogP contribution in [0.4, 0.5) is 0 Å². The molecule has 28 heavy (non-hydrogen) atoms. The number of carbonyl (C=O) groups excluding carboxylic acids is 1. The standard InChI is InChI=1S/C18H17N3O6S/c1-19-28(23,24)15-10-13(8-9-14(15)25-2)18(22)26-11-16-20-21-17(27-16)12-6-4-3-5-7-12/h3-10,19H,11H2,1-2H3. The lowest BCUT2D eigenvalue weighted by Gasteiger charge is -2.10. The molecule has 1 heterocycles. The van der Waals surface area contributed by atoms with E-state index in [-0.39, 0.29) is 28.7 Å². The third-order valence-corrected chi connectivity index (χ3v) is 5.21. The van der Waals surface area contributed by atoms with Crippen molar-refractivity contribution in [2.45, 2.75) is 11.5 Å². The van der Waals surface area contributed by atoms with Crippen molar-refractivity contribution in [3.05, 3.63) is 60.0 Å². The summed E-state index contributed by atoms with van der Waals surface area (Å²) < 4.78 is 42.0. The number of esters is 1. The lowest BCUT2D eigenvalue weighted by Crippen LogP contribution is -2.20. The zero-order valence-electron chi connectivity index (χ0n) is 15.1. The first-order valence-electron chi connectivity index (χ1n) is 8.11. The number of rotatable bonds is 7. The molecule has 9 nitrogen and oxygen atoms in total. The van der Waals surface area contributed by atoms with Crippen LogP contribution in [0.25, 0.3) is 11.5 Å². The molecule has 0 aliphatic carbocycles. The highest BCUT2D eigenvalue weighted by Crippen LogP contribution is 2.25. The van der Waals surface area contributed by atoms with Crippen molar-refractivity contribution in [1.82, 2.24) is 14.9 Å². The van der Waals surface area contributed by atoms with Crippen LogP contribution in [-0.2, 0) is 21.4 Å². The Bertz CT molecular complexity index is 1080. The van der Waals surface area contributed by atoms with E-state index < -0.39 is 16.0 Å². The average molecular weight is 403 g/mol. The molecule has 0 aliphatic rings. The number of ether oxygens (including phenoxy) is 2. The second kappa shape index (κ2) is 8.19. The van der Waals surface area contributed by atoms with Gasteiger partial charge in [0, 0.05) is 5.56 Å². The van der Waals surface area contributed by atoms with E-state index in [9.17, 15) is 13.2 Å². The lowest BCUT2D eigenvalue weighted by molar-refractivity contribution is 0.0438. The molecule has 146 valence electrons. The molecule has 0 amide bonds. The first kappa shape index (κ1) is 19.5. The van der Waals surface area contributed by atoms with E-state index in [1.807, 2.05) is 30.3 Å². The molecule has 1 aromatic heterocycles. The first-order valence-corrected chi connectivity index (χ1v) is 9.59. The van der Waals surface area contributed by atoms with Crippen LogP contribution in [-0.4, -0.2) is 38.7 Å². The highest BCUT2D eigenvalue weighted by atomic mass is 32.2. The van der Waals surface area contributed by atoms with Crippen molar-refractivity contribution in [3.8, 4) is 17.2 Å². The van der Waals surface area contributed by atoms with Gasteiger partial charge in [-0.2, -0.15) is 0 Å². The van der Waals surface area contributed by atoms with Gasteiger partial charge in [-0.05, 0) is 37.4 Å². The summed E-state index contributed by atoms with van der Waals surface area (Å²) in [5.74, 6) is -0.216. The number of methoxy groups -OCH3 is 1. The summed E-state index contributed by atoms with van der Waals surface area (Å²) in [5.41, 5.74) is 0.780. The molecule has 0 spiro atoms. The lowest BCUT2D eigenvalue weighted by atomic mass is 10.2. The van der Waals surface area contributed by atoms with Crippen LogP contribution in [0.1, 0.15) is 16.2 Å². The van der Waals surface area contributed by atoms with Gasteiger partial charge >= 0.3 is 5.97 Å². The summed E-state index contributed by atoms with van der Waals surface area (Å²) >= 11 is 0. The highest BCUT2D eigenvalue weighted by Gasteiger charge is 2.21. The van der Waals surface area contributed by atoms with Crippen molar-refractivity contribution in [2.24, 2.45) is 0 Å². The van der Waals surface area contributed by atoms with Gasteiger partial charge in [0.25, 0.3) is 5.89 Å². The van der Waals surface area contributed by atoms with Crippen LogP contribution in [0.3, 0.4) is 0 Å². The molecule has 0 fully saturated rings. The smallest absolute Gasteiger partial charge is 0.338 e. The Labute approximate surface area is 161 Å². The predicted octanol–water partition coefficient (Wildman–Crippen LogP) is 2.01. The zero-order valence-corrected chi connectivity index (χ0v) is 15.9. The minimum Gasteiger partial charge on any atom is -0.495 e. The first-order chi connectivity index (χ1) is 13.4. The SMILES string of the molecule is CNS(=O)(=O)c1cc(C(=O)OCc2nnc(-c3ccccc3)o2)ccc1OC. The number of benzene rings is 2. The molecule has 0 saturated heterocycles. The van der Waals surface area contributed by atoms with Gasteiger partial charge in [0.2, 0.25) is 15.9 Å². The molecular formula is C18H17N3O6S. The number of sulfonamides is 1. The van der Waals surface area contributed by atoms with Crippen LogP contribution in [0.5, 0.6) is 5.75 Å². The fourth-order valence-corrected chi connectivity index (χ4v) is 3.26. The molecular weight excluding hydrogens is 386 g/mol. The van der Waals surface area contributed by atoms with Gasteiger partial charge in [-0.25, -0.2) is 17.9 Å². The molecule has 0 atom stereocenters. The largest absolute Gasteiger partial charge is 0.495 e. The van der Waals surface area contributed by atoms with Crippen molar-refractivity contribution in [1.29, 1.82) is 0 Å². The van der Waals surface area contributed by atoms with Crippen molar-refractivity contribution < 1.29 is 27.1 Å². The van der Waals surface area contributed by atoms with Crippen molar-refractivity contribution in [2.75, 3.05) is 14.2 Å². The van der Waals surface area contributed by atoms with Crippen LogP contribution in [0, 0.1) is 0 Å². The van der Waals surface area contributed by atoms with E-state index >= 15 is 0 Å². The molecule has 0 saturated carbocycles. The van der Waals surface area contributed by atoms with E-state index in [1.165, 1.54) is 32.4 Å². The van der Waals surface area contributed by atoms with Gasteiger partial charge < -0.3 is 13.9 Å². The maximum Gasteiger partial charge on any atom is 0.338 e. The van der Waals surface area contributed by atoms with E-state index in [1.54, 1.807) is 0 Å². The second-order valence-corrected chi connectivity index (χ2v) is 7.37. The fraction of sp³-hybridized carbons (Fsp3) is 0.167. The Morgan fingerprint density at radius 2 is 1.89 bits per heavy atom. The molecule has 0 radical (unpaired) electrons. The topological polar surface area (TPSA) is 121 Å². The van der Waals surface area contributed by atoms with Crippen LogP contribution < -0.4 is 9.46 Å². The van der Waals surface area contributed by atoms with Crippen LogP contribution in [0.15, 0.2) is 57.8 Å². The molecule has 0 aliphatic heterocycles. The minimum atomic E-state index is -3.82. The maximum absolute atomic E-state index is 12.3. The fourth-order valence-electron chi connectivity index (χ4n) is 2.34. The Kier molecular flexibility index (Phi) is 5.71. The van der Waals surface area contributed by atoms with Gasteiger partial charge in [-0.1, -0.05) is 18.2 Å². The summed E-state index contributed by atoms with van der Waals surface area (Å²) in [6.07, 6.45) is 0. The quantitative estimate of drug-likeness (QED) is 0.595. The van der Waals surface area contributed by atoms with Gasteiger partial charge in [-0.15, -0.1) is 10.2 Å². The van der Waals surface area contributed by atoms with E-state index in [0.717, 1.165) is 5.56 Å². The summed E-state index contributed by atoms with van der Waals surface area (Å²) in [7, 11) is -1.22. The zero-order chi connectivity index (χ0) is 20.1. The number of nitrogens with one attached hydrogen (secondary N) is 1. The highest BCUT2D eigenvalue weighted by molar-refractivity contribution is 7.89. The third kappa shape index (κ3) is 4.18. The third-order valence-electron chi connectivity index (χ3n) is 3.77. The average Bonchev–Trinajstić information content (AvgIpc) is 3.21. The summed E-state index contributed by atoms with van der Waals surface area (Å²) in [6, 6.07) is 13.1. The molecule has 1 N–H and O–H groups in total. The molecule has 3 rings (SSSR count). The molecule has 0 unspecified atom stereocenters. The molecule has 10 heteroatoms. The molecule has 3 aromatic rings. The number of hydrogen-bond acceptors (Lipinski definition) is 8. The van der Waals surface area contributed by atoms with Crippen LogP contribution in [0.2, 0.25) is 0 Å². The molecule has 2 aromatic carbocycles. The van der Waals surface area contributed by atoms with E-state index in [0.29, 0.717) is 5.89 Å². The van der Waals surface area contributed by atoms with Crippen LogP contribution >= 0.6 is 0 Å². The Hall–Kier alpha value is -3.24. The predicted molar refractivity (Wildman–Crippen MR) is 98.1 cm³/mol. The van der Waals surface area contributed by atoms with Gasteiger partial charge in [-0.3, -0.25) is 0 Å². The van der Waals surface area contributed by atoms with Crippen molar-refractivity contribution in [3.63, 3.8) is 0 Å². The van der Waals surface area contributed by atoms with Gasteiger partial charge in [0.1, 0.15) is 10.6 Å². The normalized spacial score (nSPS) is 11.2. The Balaban J connectivity index is 1.74. The number of carbonyl (C=O) groups is 1. The monoisotopic (exact) mass is 403 g/mol. The number of aromatic nitrogens is 2. The Morgan fingerprint density at radius 3 is 2.57 bits per heavy atom. The number of nitrogens with zero attached hydrogens (tertiary/aromatic N) is 2. The summed E-state index contributed by atoms with van der Waals surface area (Å²) in [6.45, 7) is -0.251. The minimum absolute atomic E-state index is 0.0393. The molecule has 0 bridgehead atoms. The Morgan fingerprint density at radius 1 is 1.14 bits per heavy atom.